The number of aryl methyl sites for hydroxylation is 1. The summed E-state index contributed by atoms with van der Waals surface area (Å²) in [7, 11) is 0. The fraction of sp³-hybridized carbons (Fsp3) is 0.333. The van der Waals surface area contributed by atoms with Gasteiger partial charge in [-0.1, -0.05) is 19.9 Å². The predicted octanol–water partition coefficient (Wildman–Crippen LogP) is 2.77. The lowest BCUT2D eigenvalue weighted by Gasteiger charge is -2.10. The van der Waals surface area contributed by atoms with Crippen molar-refractivity contribution in [2.45, 2.75) is 33.1 Å². The molecule has 26 heavy (non-hydrogen) atoms. The summed E-state index contributed by atoms with van der Waals surface area (Å²) < 4.78 is 1.51. The van der Waals surface area contributed by atoms with Crippen LogP contribution >= 0.6 is 11.3 Å². The van der Waals surface area contributed by atoms with Crippen LogP contribution in [0.15, 0.2) is 28.4 Å². The highest BCUT2D eigenvalue weighted by Crippen LogP contribution is 2.28. The molecule has 4 rings (SSSR count). The number of aromatic amines is 1. The maximum atomic E-state index is 12.4. The highest BCUT2D eigenvalue weighted by Gasteiger charge is 2.21. The largest absolute Gasteiger partial charge is 0.310 e. The number of H-pyrrole nitrogens is 1. The van der Waals surface area contributed by atoms with Gasteiger partial charge >= 0.3 is 0 Å². The number of rotatable bonds is 4. The molecule has 0 bridgehead atoms. The monoisotopic (exact) mass is 369 g/mol. The zero-order valence-electron chi connectivity index (χ0n) is 14.6. The minimum absolute atomic E-state index is 0.118. The van der Waals surface area contributed by atoms with E-state index < -0.39 is 0 Å². The quantitative estimate of drug-likeness (QED) is 0.739. The Morgan fingerprint density at radius 2 is 2.23 bits per heavy atom. The molecule has 7 nitrogen and oxygen atoms in total. The van der Waals surface area contributed by atoms with Gasteiger partial charge in [-0.15, -0.1) is 11.3 Å². The molecule has 3 heterocycles. The molecule has 8 heteroatoms. The molecule has 0 fully saturated rings. The van der Waals surface area contributed by atoms with Gasteiger partial charge in [0, 0.05) is 17.5 Å². The number of hydrogen-bond acceptors (Lipinski definition) is 5. The van der Waals surface area contributed by atoms with Gasteiger partial charge in [0.2, 0.25) is 11.9 Å². The van der Waals surface area contributed by atoms with Crippen LogP contribution in [0, 0.1) is 5.92 Å². The normalized spacial score (nSPS) is 13.2. The van der Waals surface area contributed by atoms with E-state index in [1.807, 2.05) is 31.4 Å². The molecular weight excluding hydrogens is 350 g/mol. The number of carbonyl (C=O) groups is 1. The van der Waals surface area contributed by atoms with Crippen LogP contribution in [0.25, 0.3) is 16.5 Å². The number of nitrogens with zero attached hydrogens (tertiary/aromatic N) is 3. The third kappa shape index (κ3) is 2.96. The fourth-order valence-corrected chi connectivity index (χ4v) is 3.66. The van der Waals surface area contributed by atoms with Crippen LogP contribution in [-0.2, 0) is 17.6 Å². The number of carbonyl (C=O) groups excluding carboxylic acids is 1. The molecule has 0 unspecified atom stereocenters. The summed E-state index contributed by atoms with van der Waals surface area (Å²) in [5, 5.41) is 9.43. The van der Waals surface area contributed by atoms with Crippen LogP contribution in [0.3, 0.4) is 0 Å². The summed E-state index contributed by atoms with van der Waals surface area (Å²) >= 11 is 1.56. The van der Waals surface area contributed by atoms with Gasteiger partial charge in [-0.25, -0.2) is 4.98 Å². The molecule has 1 aliphatic rings. The third-order valence-electron chi connectivity index (χ3n) is 4.39. The van der Waals surface area contributed by atoms with Crippen LogP contribution in [0.5, 0.6) is 0 Å². The summed E-state index contributed by atoms with van der Waals surface area (Å²) in [5.41, 5.74) is 2.17. The van der Waals surface area contributed by atoms with Crippen molar-refractivity contribution >= 4 is 23.1 Å². The molecule has 0 aromatic carbocycles. The maximum absolute atomic E-state index is 12.4. The number of anilines is 1. The predicted molar refractivity (Wildman–Crippen MR) is 101 cm³/mol. The number of thiophene rings is 1. The lowest BCUT2D eigenvalue weighted by Crippen LogP contribution is -2.23. The molecule has 0 radical (unpaired) electrons. The molecule has 1 aliphatic carbocycles. The van der Waals surface area contributed by atoms with Crippen LogP contribution in [-0.4, -0.2) is 25.7 Å². The van der Waals surface area contributed by atoms with Gasteiger partial charge in [0.1, 0.15) is 11.5 Å². The summed E-state index contributed by atoms with van der Waals surface area (Å²) in [6.07, 6.45) is 2.48. The van der Waals surface area contributed by atoms with Crippen molar-refractivity contribution < 1.29 is 4.79 Å². The first kappa shape index (κ1) is 16.7. The van der Waals surface area contributed by atoms with Crippen LogP contribution < -0.4 is 10.9 Å². The Kier molecular flexibility index (Phi) is 4.20. The molecule has 0 spiro atoms. The Hall–Kier alpha value is -2.74. The summed E-state index contributed by atoms with van der Waals surface area (Å²) in [6, 6.07) is 5.71. The molecule has 0 aliphatic heterocycles. The Bertz CT molecular complexity index is 1020. The first-order valence-corrected chi connectivity index (χ1v) is 9.48. The zero-order chi connectivity index (χ0) is 18.3. The van der Waals surface area contributed by atoms with Crippen molar-refractivity contribution in [2.75, 3.05) is 5.32 Å². The van der Waals surface area contributed by atoms with Crippen molar-refractivity contribution in [3.8, 4) is 16.5 Å². The van der Waals surface area contributed by atoms with Gasteiger partial charge in [0.25, 0.3) is 5.56 Å². The molecule has 0 saturated carbocycles. The average molecular weight is 369 g/mol. The van der Waals surface area contributed by atoms with Gasteiger partial charge in [-0.05, 0) is 30.7 Å². The first-order valence-electron chi connectivity index (χ1n) is 8.60. The fourth-order valence-electron chi connectivity index (χ4n) is 2.98. The van der Waals surface area contributed by atoms with E-state index in [1.54, 1.807) is 17.4 Å². The van der Waals surface area contributed by atoms with Crippen molar-refractivity contribution in [3.05, 3.63) is 45.2 Å². The summed E-state index contributed by atoms with van der Waals surface area (Å²) in [5.74, 6) is 0.536. The maximum Gasteiger partial charge on any atom is 0.255 e. The molecule has 3 aromatic heterocycles. The standard InChI is InChI=1S/C18H19N5O2S/c1-10(2)16(24)20-15-9-13(14-7-4-8-26-14)22-23(15)18-19-12-6-3-5-11(12)17(25)21-18/h4,7-10H,3,5-6H2,1-2H3,(H,20,24)(H,19,21,25). The Morgan fingerprint density at radius 1 is 1.38 bits per heavy atom. The van der Waals surface area contributed by atoms with E-state index in [0.717, 1.165) is 41.1 Å². The Morgan fingerprint density at radius 3 is 2.96 bits per heavy atom. The number of hydrogen-bond donors (Lipinski definition) is 2. The highest BCUT2D eigenvalue weighted by atomic mass is 32.1. The van der Waals surface area contributed by atoms with Crippen molar-refractivity contribution in [1.29, 1.82) is 0 Å². The van der Waals surface area contributed by atoms with Crippen molar-refractivity contribution in [2.24, 2.45) is 5.92 Å². The van der Waals surface area contributed by atoms with Crippen LogP contribution in [0.2, 0.25) is 0 Å². The van der Waals surface area contributed by atoms with Gasteiger partial charge in [0.05, 0.1) is 10.6 Å². The second-order valence-electron chi connectivity index (χ2n) is 6.62. The second kappa shape index (κ2) is 6.53. The molecule has 1 amide bonds. The van der Waals surface area contributed by atoms with Gasteiger partial charge in [-0.3, -0.25) is 14.6 Å². The van der Waals surface area contributed by atoms with Crippen LogP contribution in [0.4, 0.5) is 5.82 Å². The van der Waals surface area contributed by atoms with E-state index in [0.29, 0.717) is 11.8 Å². The minimum atomic E-state index is -0.171. The number of fused-ring (bicyclic) bond motifs is 1. The third-order valence-corrected chi connectivity index (χ3v) is 5.28. The van der Waals surface area contributed by atoms with Crippen LogP contribution in [0.1, 0.15) is 31.5 Å². The Balaban J connectivity index is 1.82. The smallest absolute Gasteiger partial charge is 0.255 e. The Labute approximate surface area is 154 Å². The lowest BCUT2D eigenvalue weighted by molar-refractivity contribution is -0.118. The second-order valence-corrected chi connectivity index (χ2v) is 7.56. The first-order chi connectivity index (χ1) is 12.5. The summed E-state index contributed by atoms with van der Waals surface area (Å²) in [4.78, 5) is 32.9. The van der Waals surface area contributed by atoms with E-state index in [9.17, 15) is 9.59 Å². The SMILES string of the molecule is CC(C)C(=O)Nc1cc(-c2cccs2)nn1-c1nc2c(c(=O)[nH]1)CCC2. The van der Waals surface area contributed by atoms with Crippen molar-refractivity contribution in [1.82, 2.24) is 19.7 Å². The van der Waals surface area contributed by atoms with Gasteiger partial charge in [-0.2, -0.15) is 9.78 Å². The van der Waals surface area contributed by atoms with E-state index in [2.05, 4.69) is 20.4 Å². The average Bonchev–Trinajstić information content (AvgIpc) is 3.34. The molecule has 2 N–H and O–H groups in total. The number of amides is 1. The molecule has 134 valence electrons. The topological polar surface area (TPSA) is 92.7 Å². The number of nitrogens with one attached hydrogen (secondary N) is 2. The summed E-state index contributed by atoms with van der Waals surface area (Å²) in [6.45, 7) is 3.65. The highest BCUT2D eigenvalue weighted by molar-refractivity contribution is 7.13. The molecule has 0 atom stereocenters. The number of aromatic nitrogens is 4. The van der Waals surface area contributed by atoms with E-state index in [4.69, 9.17) is 0 Å². The molecule has 0 saturated heterocycles. The zero-order valence-corrected chi connectivity index (χ0v) is 15.4. The lowest BCUT2D eigenvalue weighted by atomic mass is 10.2. The van der Waals surface area contributed by atoms with Gasteiger partial charge in [0.15, 0.2) is 0 Å². The molecular formula is C18H19N5O2S. The van der Waals surface area contributed by atoms with E-state index >= 15 is 0 Å². The van der Waals surface area contributed by atoms with E-state index in [1.165, 1.54) is 4.68 Å². The molecule has 3 aromatic rings. The van der Waals surface area contributed by atoms with Crippen molar-refractivity contribution in [3.63, 3.8) is 0 Å². The minimum Gasteiger partial charge on any atom is -0.310 e. The van der Waals surface area contributed by atoms with Gasteiger partial charge < -0.3 is 5.32 Å². The van der Waals surface area contributed by atoms with E-state index in [-0.39, 0.29) is 17.4 Å².